The monoisotopic (exact) mass is 370 g/mol. The fraction of sp³-hybridized carbons (Fsp3) is 0.842. The second kappa shape index (κ2) is 14.4. The Labute approximate surface area is 158 Å². The average molecular weight is 371 g/mol. The number of aliphatic imine (C=N–C) groups is 1. The second-order valence-electron chi connectivity index (χ2n) is 7.54. The highest BCUT2D eigenvalue weighted by molar-refractivity contribution is 5.99. The molecule has 0 aromatic heterocycles. The van der Waals surface area contributed by atoms with E-state index >= 15 is 0 Å². The molecule has 0 radical (unpaired) electrons. The number of nitrogens with two attached hydrogens (primary N) is 1. The Morgan fingerprint density at radius 3 is 1.92 bits per heavy atom. The fourth-order valence-electron chi connectivity index (χ4n) is 2.39. The van der Waals surface area contributed by atoms with E-state index in [0.29, 0.717) is 6.54 Å². The van der Waals surface area contributed by atoms with Gasteiger partial charge in [0.05, 0.1) is 0 Å². The van der Waals surface area contributed by atoms with E-state index in [2.05, 4.69) is 22.5 Å². The van der Waals surface area contributed by atoms with Crippen molar-refractivity contribution < 1.29 is 14.3 Å². The molecule has 0 aliphatic rings. The van der Waals surface area contributed by atoms with Gasteiger partial charge >= 0.3 is 12.1 Å². The zero-order valence-corrected chi connectivity index (χ0v) is 17.0. The standard InChI is InChI=1S/C19H38N4O3/c1-5-6-7-8-9-10-11-12-13-14-15-21-17(24)22-16(20)23-18(25)26-19(2,3)4/h5-15H2,1-4H3,(H4,20,21,22,23,24,25). The lowest BCUT2D eigenvalue weighted by Crippen LogP contribution is -2.44. The molecule has 0 aromatic rings. The number of hydrogen-bond donors (Lipinski definition) is 3. The van der Waals surface area contributed by atoms with E-state index in [1.54, 1.807) is 20.8 Å². The molecule has 7 nitrogen and oxygen atoms in total. The van der Waals surface area contributed by atoms with Crippen LogP contribution >= 0.6 is 0 Å². The number of guanidine groups is 1. The fourth-order valence-corrected chi connectivity index (χ4v) is 2.39. The molecule has 0 atom stereocenters. The minimum Gasteiger partial charge on any atom is -0.442 e. The first kappa shape index (κ1) is 24.2. The Bertz CT molecular complexity index is 431. The number of hydrogen-bond acceptors (Lipinski definition) is 3. The summed E-state index contributed by atoms with van der Waals surface area (Å²) < 4.78 is 4.98. The van der Waals surface area contributed by atoms with Gasteiger partial charge in [0.25, 0.3) is 0 Å². The van der Waals surface area contributed by atoms with Crippen LogP contribution in [0.5, 0.6) is 0 Å². The van der Waals surface area contributed by atoms with Crippen LogP contribution in [0.2, 0.25) is 0 Å². The highest BCUT2D eigenvalue weighted by Crippen LogP contribution is 2.10. The van der Waals surface area contributed by atoms with Gasteiger partial charge in [-0.2, -0.15) is 0 Å². The lowest BCUT2D eigenvalue weighted by molar-refractivity contribution is 0.0604. The van der Waals surface area contributed by atoms with Crippen molar-refractivity contribution in [3.05, 3.63) is 0 Å². The maximum absolute atomic E-state index is 11.6. The average Bonchev–Trinajstić information content (AvgIpc) is 2.50. The number of urea groups is 1. The lowest BCUT2D eigenvalue weighted by atomic mass is 10.1. The zero-order chi connectivity index (χ0) is 19.8. The normalized spacial score (nSPS) is 11.9. The topological polar surface area (TPSA) is 106 Å². The minimum atomic E-state index is -0.829. The van der Waals surface area contributed by atoms with Crippen molar-refractivity contribution in [2.24, 2.45) is 10.7 Å². The number of amides is 3. The van der Waals surface area contributed by atoms with Crippen molar-refractivity contribution >= 4 is 18.1 Å². The number of rotatable bonds is 11. The Morgan fingerprint density at radius 2 is 1.42 bits per heavy atom. The Kier molecular flexibility index (Phi) is 13.4. The van der Waals surface area contributed by atoms with E-state index in [0.717, 1.165) is 12.8 Å². The molecule has 0 aromatic carbocycles. The first-order chi connectivity index (χ1) is 12.2. The minimum absolute atomic E-state index is 0.278. The first-order valence-electron chi connectivity index (χ1n) is 9.86. The van der Waals surface area contributed by atoms with Gasteiger partial charge in [-0.25, -0.2) is 9.59 Å². The summed E-state index contributed by atoms with van der Waals surface area (Å²) in [4.78, 5) is 26.6. The highest BCUT2D eigenvalue weighted by Gasteiger charge is 2.16. The predicted molar refractivity (Wildman–Crippen MR) is 106 cm³/mol. The summed E-state index contributed by atoms with van der Waals surface area (Å²) in [5.74, 6) is -0.278. The lowest BCUT2D eigenvalue weighted by Gasteiger charge is -2.17. The van der Waals surface area contributed by atoms with Crippen molar-refractivity contribution in [3.63, 3.8) is 0 Å². The quantitative estimate of drug-likeness (QED) is 0.284. The van der Waals surface area contributed by atoms with E-state index in [1.807, 2.05) is 0 Å². The zero-order valence-electron chi connectivity index (χ0n) is 17.0. The Balaban J connectivity index is 3.63. The van der Waals surface area contributed by atoms with Crippen LogP contribution < -0.4 is 16.4 Å². The van der Waals surface area contributed by atoms with Crippen molar-refractivity contribution in [3.8, 4) is 0 Å². The largest absolute Gasteiger partial charge is 0.442 e. The smallest absolute Gasteiger partial charge is 0.437 e. The molecule has 26 heavy (non-hydrogen) atoms. The van der Waals surface area contributed by atoms with Gasteiger partial charge in [0, 0.05) is 6.54 Å². The van der Waals surface area contributed by atoms with Gasteiger partial charge in [-0.1, -0.05) is 64.7 Å². The molecule has 0 saturated carbocycles. The van der Waals surface area contributed by atoms with E-state index in [9.17, 15) is 9.59 Å². The van der Waals surface area contributed by atoms with Gasteiger partial charge in [-0.15, -0.1) is 4.99 Å². The third-order valence-electron chi connectivity index (χ3n) is 3.66. The number of unbranched alkanes of at least 4 members (excludes halogenated alkanes) is 9. The van der Waals surface area contributed by atoms with Crippen LogP contribution in [0.25, 0.3) is 0 Å². The highest BCUT2D eigenvalue weighted by atomic mass is 16.6. The second-order valence-corrected chi connectivity index (χ2v) is 7.54. The molecule has 0 aliphatic carbocycles. The third-order valence-corrected chi connectivity index (χ3v) is 3.66. The Morgan fingerprint density at radius 1 is 0.923 bits per heavy atom. The predicted octanol–water partition coefficient (Wildman–Crippen LogP) is 4.46. The van der Waals surface area contributed by atoms with Gasteiger partial charge in [-0.3, -0.25) is 5.32 Å². The van der Waals surface area contributed by atoms with Gasteiger partial charge in [-0.05, 0) is 27.2 Å². The van der Waals surface area contributed by atoms with Crippen LogP contribution in [0, 0.1) is 0 Å². The Hall–Kier alpha value is -1.79. The molecule has 7 heteroatoms. The van der Waals surface area contributed by atoms with Crippen LogP contribution in [-0.2, 0) is 4.74 Å². The summed E-state index contributed by atoms with van der Waals surface area (Å²) in [5.41, 5.74) is 4.85. The number of carbonyl (C=O) groups is 2. The van der Waals surface area contributed by atoms with Crippen molar-refractivity contribution in [2.45, 2.75) is 97.5 Å². The summed E-state index contributed by atoms with van der Waals surface area (Å²) in [7, 11) is 0. The van der Waals surface area contributed by atoms with Gasteiger partial charge in [0.2, 0.25) is 5.96 Å². The van der Waals surface area contributed by atoms with E-state index in [4.69, 9.17) is 10.5 Å². The maximum Gasteiger partial charge on any atom is 0.437 e. The molecule has 4 N–H and O–H groups in total. The van der Waals surface area contributed by atoms with Crippen LogP contribution in [0.4, 0.5) is 9.59 Å². The molecular weight excluding hydrogens is 332 g/mol. The van der Waals surface area contributed by atoms with Gasteiger partial charge in [0.1, 0.15) is 5.60 Å². The summed E-state index contributed by atoms with van der Waals surface area (Å²) in [6.07, 6.45) is 11.6. The van der Waals surface area contributed by atoms with E-state index < -0.39 is 17.7 Å². The molecule has 0 rings (SSSR count). The molecule has 0 aliphatic heterocycles. The molecule has 0 unspecified atom stereocenters. The summed E-state index contributed by atoms with van der Waals surface area (Å²) >= 11 is 0. The van der Waals surface area contributed by atoms with Crippen LogP contribution in [0.1, 0.15) is 91.9 Å². The van der Waals surface area contributed by atoms with Crippen LogP contribution in [0.15, 0.2) is 4.99 Å². The maximum atomic E-state index is 11.6. The van der Waals surface area contributed by atoms with E-state index in [1.165, 1.54) is 51.4 Å². The summed E-state index contributed by atoms with van der Waals surface area (Å²) in [5, 5.41) is 5.01. The molecule has 0 bridgehead atoms. The van der Waals surface area contributed by atoms with Crippen molar-refractivity contribution in [2.75, 3.05) is 6.54 Å². The molecular formula is C19H38N4O3. The van der Waals surface area contributed by atoms with Crippen molar-refractivity contribution in [1.82, 2.24) is 10.6 Å². The van der Waals surface area contributed by atoms with Crippen LogP contribution in [0.3, 0.4) is 0 Å². The molecule has 0 fully saturated rings. The third kappa shape index (κ3) is 17.0. The number of ether oxygens (including phenoxy) is 1. The van der Waals surface area contributed by atoms with Gasteiger partial charge < -0.3 is 15.8 Å². The molecule has 0 heterocycles. The van der Waals surface area contributed by atoms with Crippen LogP contribution in [-0.4, -0.2) is 30.2 Å². The molecule has 0 saturated heterocycles. The molecule has 3 amide bonds. The number of nitrogens with one attached hydrogen (secondary N) is 2. The van der Waals surface area contributed by atoms with E-state index in [-0.39, 0.29) is 5.96 Å². The number of nitrogens with zero attached hydrogens (tertiary/aromatic N) is 1. The molecule has 0 spiro atoms. The van der Waals surface area contributed by atoms with Crippen molar-refractivity contribution in [1.29, 1.82) is 0 Å². The summed E-state index contributed by atoms with van der Waals surface area (Å²) in [6.45, 7) is 7.98. The molecule has 152 valence electrons. The summed E-state index contributed by atoms with van der Waals surface area (Å²) in [6, 6.07) is -0.467. The number of carbonyl (C=O) groups excluding carboxylic acids is 2. The first-order valence-corrected chi connectivity index (χ1v) is 9.86. The van der Waals surface area contributed by atoms with Gasteiger partial charge in [0.15, 0.2) is 0 Å². The SMILES string of the molecule is CCCCCCCCCCCCNC(=O)N/C(N)=N/C(=O)OC(C)(C)C.